The summed E-state index contributed by atoms with van der Waals surface area (Å²) in [6, 6.07) is 2.95. The van der Waals surface area contributed by atoms with Gasteiger partial charge in [0.1, 0.15) is 0 Å². The number of aryl methyl sites for hydroxylation is 1. The maximum absolute atomic E-state index is 3.66. The van der Waals surface area contributed by atoms with Gasteiger partial charge in [-0.15, -0.1) is 11.3 Å². The topological polar surface area (TPSA) is 12.0 Å². The predicted molar refractivity (Wildman–Crippen MR) is 69.5 cm³/mol. The highest BCUT2D eigenvalue weighted by molar-refractivity contribution is 7.10. The minimum atomic E-state index is 0.696. The van der Waals surface area contributed by atoms with Crippen molar-refractivity contribution < 1.29 is 0 Å². The normalized spacial score (nSPS) is 13.0. The maximum Gasteiger partial charge on any atom is 0.0305 e. The van der Waals surface area contributed by atoms with Crippen LogP contribution >= 0.6 is 11.3 Å². The summed E-state index contributed by atoms with van der Waals surface area (Å²) in [7, 11) is 0. The zero-order valence-electron chi connectivity index (χ0n) is 10.2. The Kier molecular flexibility index (Phi) is 5.96. The van der Waals surface area contributed by atoms with Crippen LogP contribution in [0.15, 0.2) is 11.4 Å². The van der Waals surface area contributed by atoms with Crippen molar-refractivity contribution in [1.29, 1.82) is 0 Å². The molecule has 1 atom stereocenters. The second kappa shape index (κ2) is 7.02. The first kappa shape index (κ1) is 12.7. The zero-order chi connectivity index (χ0) is 11.1. The first-order valence-corrected chi connectivity index (χ1v) is 6.98. The fourth-order valence-corrected chi connectivity index (χ4v) is 2.80. The van der Waals surface area contributed by atoms with Crippen LogP contribution in [-0.4, -0.2) is 6.04 Å². The molecule has 1 aromatic rings. The summed E-state index contributed by atoms with van der Waals surface area (Å²) in [5.41, 5.74) is 1.51. The Morgan fingerprint density at radius 1 is 1.33 bits per heavy atom. The minimum absolute atomic E-state index is 0.696. The van der Waals surface area contributed by atoms with Crippen molar-refractivity contribution in [2.75, 3.05) is 0 Å². The third-order valence-electron chi connectivity index (χ3n) is 2.90. The maximum atomic E-state index is 3.66. The Morgan fingerprint density at radius 3 is 2.73 bits per heavy atom. The van der Waals surface area contributed by atoms with E-state index in [0.717, 1.165) is 13.0 Å². The molecule has 0 aliphatic heterocycles. The van der Waals surface area contributed by atoms with E-state index >= 15 is 0 Å². The second-order valence-electron chi connectivity index (χ2n) is 4.00. The summed E-state index contributed by atoms with van der Waals surface area (Å²) < 4.78 is 0. The smallest absolute Gasteiger partial charge is 0.0305 e. The molecular weight excluding hydrogens is 202 g/mol. The van der Waals surface area contributed by atoms with Crippen molar-refractivity contribution in [1.82, 2.24) is 5.32 Å². The Balaban J connectivity index is 2.41. The molecule has 86 valence electrons. The molecule has 1 heterocycles. The highest BCUT2D eigenvalue weighted by Crippen LogP contribution is 2.17. The predicted octanol–water partition coefficient (Wildman–Crippen LogP) is 3.98. The quantitative estimate of drug-likeness (QED) is 0.740. The van der Waals surface area contributed by atoms with Gasteiger partial charge in [0.05, 0.1) is 0 Å². The van der Waals surface area contributed by atoms with Crippen molar-refractivity contribution in [3.05, 3.63) is 21.9 Å². The molecule has 1 nitrogen and oxygen atoms in total. The Hall–Kier alpha value is -0.340. The van der Waals surface area contributed by atoms with Gasteiger partial charge in [0.15, 0.2) is 0 Å². The van der Waals surface area contributed by atoms with Gasteiger partial charge in [0.2, 0.25) is 0 Å². The first-order valence-electron chi connectivity index (χ1n) is 6.10. The molecule has 1 rings (SSSR count). The Labute approximate surface area is 97.9 Å². The van der Waals surface area contributed by atoms with Crippen LogP contribution < -0.4 is 5.32 Å². The summed E-state index contributed by atoms with van der Waals surface area (Å²) in [5.74, 6) is 0. The molecule has 15 heavy (non-hydrogen) atoms. The largest absolute Gasteiger partial charge is 0.309 e. The van der Waals surface area contributed by atoms with E-state index in [2.05, 4.69) is 37.5 Å². The lowest BCUT2D eigenvalue weighted by atomic mass is 10.1. The molecule has 0 aliphatic rings. The molecular formula is C13H23NS. The molecule has 1 N–H and O–H groups in total. The van der Waals surface area contributed by atoms with Crippen molar-refractivity contribution in [2.45, 2.75) is 59.0 Å². The lowest BCUT2D eigenvalue weighted by Gasteiger charge is -2.15. The highest BCUT2D eigenvalue weighted by Gasteiger charge is 2.06. The van der Waals surface area contributed by atoms with E-state index < -0.39 is 0 Å². The van der Waals surface area contributed by atoms with Gasteiger partial charge in [0, 0.05) is 17.5 Å². The Bertz CT molecular complexity index is 267. The summed E-state index contributed by atoms with van der Waals surface area (Å²) in [6.07, 6.45) is 4.96. The fourth-order valence-electron chi connectivity index (χ4n) is 1.87. The minimum Gasteiger partial charge on any atom is -0.309 e. The summed E-state index contributed by atoms with van der Waals surface area (Å²) in [5, 5.41) is 5.86. The average Bonchev–Trinajstić information content (AvgIpc) is 2.71. The molecule has 0 radical (unpaired) electrons. The van der Waals surface area contributed by atoms with Crippen LogP contribution in [0.1, 0.15) is 50.5 Å². The van der Waals surface area contributed by atoms with Crippen LogP contribution in [0, 0.1) is 0 Å². The number of hydrogen-bond donors (Lipinski definition) is 1. The molecule has 0 saturated carbocycles. The fraction of sp³-hybridized carbons (Fsp3) is 0.692. The van der Waals surface area contributed by atoms with E-state index in [-0.39, 0.29) is 0 Å². The van der Waals surface area contributed by atoms with Gasteiger partial charge in [-0.2, -0.15) is 0 Å². The number of rotatable bonds is 7. The molecule has 0 amide bonds. The van der Waals surface area contributed by atoms with Crippen molar-refractivity contribution in [2.24, 2.45) is 0 Å². The summed E-state index contributed by atoms with van der Waals surface area (Å²) >= 11 is 1.88. The number of nitrogens with one attached hydrogen (secondary N) is 1. The monoisotopic (exact) mass is 225 g/mol. The molecule has 0 spiro atoms. The molecule has 0 bridgehead atoms. The molecule has 0 aromatic carbocycles. The summed E-state index contributed by atoms with van der Waals surface area (Å²) in [6.45, 7) is 7.81. The van der Waals surface area contributed by atoms with E-state index in [1.165, 1.54) is 29.7 Å². The van der Waals surface area contributed by atoms with Gasteiger partial charge in [-0.05, 0) is 36.3 Å². The SMILES string of the molecule is CCCC(CC)NCc1sccc1CC. The van der Waals surface area contributed by atoms with Crippen LogP contribution in [-0.2, 0) is 13.0 Å². The first-order chi connectivity index (χ1) is 7.31. The number of hydrogen-bond acceptors (Lipinski definition) is 2. The third-order valence-corrected chi connectivity index (χ3v) is 3.86. The van der Waals surface area contributed by atoms with Crippen LogP contribution in [0.3, 0.4) is 0 Å². The summed E-state index contributed by atoms with van der Waals surface area (Å²) in [4.78, 5) is 1.52. The molecule has 0 aliphatic carbocycles. The van der Waals surface area contributed by atoms with Gasteiger partial charge < -0.3 is 5.32 Å². The van der Waals surface area contributed by atoms with Gasteiger partial charge in [-0.3, -0.25) is 0 Å². The van der Waals surface area contributed by atoms with Gasteiger partial charge in [0.25, 0.3) is 0 Å². The lowest BCUT2D eigenvalue weighted by molar-refractivity contribution is 0.464. The molecule has 0 fully saturated rings. The van der Waals surface area contributed by atoms with Crippen LogP contribution in [0.4, 0.5) is 0 Å². The third kappa shape index (κ3) is 3.96. The molecule has 0 saturated heterocycles. The number of thiophene rings is 1. The zero-order valence-corrected chi connectivity index (χ0v) is 11.0. The van der Waals surface area contributed by atoms with E-state index in [1.54, 1.807) is 0 Å². The van der Waals surface area contributed by atoms with E-state index in [4.69, 9.17) is 0 Å². The molecule has 1 unspecified atom stereocenters. The Morgan fingerprint density at radius 2 is 2.13 bits per heavy atom. The van der Waals surface area contributed by atoms with E-state index in [9.17, 15) is 0 Å². The van der Waals surface area contributed by atoms with E-state index in [1.807, 2.05) is 11.3 Å². The van der Waals surface area contributed by atoms with Crippen LogP contribution in [0.2, 0.25) is 0 Å². The highest BCUT2D eigenvalue weighted by atomic mass is 32.1. The second-order valence-corrected chi connectivity index (χ2v) is 5.00. The van der Waals surface area contributed by atoms with Crippen LogP contribution in [0.5, 0.6) is 0 Å². The molecule has 2 heteroatoms. The lowest BCUT2D eigenvalue weighted by Crippen LogP contribution is -2.27. The molecule has 1 aromatic heterocycles. The standard InChI is InChI=1S/C13H23NS/c1-4-7-12(6-3)14-10-13-11(5-2)8-9-15-13/h8-9,12,14H,4-7,10H2,1-3H3. The van der Waals surface area contributed by atoms with Crippen molar-refractivity contribution >= 4 is 11.3 Å². The van der Waals surface area contributed by atoms with E-state index in [0.29, 0.717) is 6.04 Å². The van der Waals surface area contributed by atoms with Gasteiger partial charge in [-0.1, -0.05) is 27.2 Å². The average molecular weight is 225 g/mol. The van der Waals surface area contributed by atoms with Gasteiger partial charge in [-0.25, -0.2) is 0 Å². The van der Waals surface area contributed by atoms with Crippen molar-refractivity contribution in [3.8, 4) is 0 Å². The van der Waals surface area contributed by atoms with Gasteiger partial charge >= 0.3 is 0 Å². The van der Waals surface area contributed by atoms with Crippen LogP contribution in [0.25, 0.3) is 0 Å². The van der Waals surface area contributed by atoms with Crippen molar-refractivity contribution in [3.63, 3.8) is 0 Å².